The van der Waals surface area contributed by atoms with E-state index in [2.05, 4.69) is 9.97 Å². The number of aromatic nitrogens is 2. The van der Waals surface area contributed by atoms with E-state index in [9.17, 15) is 0 Å². The van der Waals surface area contributed by atoms with Crippen molar-refractivity contribution in [1.29, 1.82) is 0 Å². The standard InChI is InChI=1S/C8H12N4/c1-3-6(9)5-7(10)4(2)12-8(5)11-3/h11-12H,9-10H2,1-2H3. The van der Waals surface area contributed by atoms with Crippen LogP contribution in [0.15, 0.2) is 0 Å². The third-order valence-corrected chi connectivity index (χ3v) is 2.22. The SMILES string of the molecule is Cc1[nH]c2[nH]c(C)c(N)c2c1N. The van der Waals surface area contributed by atoms with Crippen LogP contribution in [0.1, 0.15) is 11.4 Å². The van der Waals surface area contributed by atoms with Crippen LogP contribution in [0.3, 0.4) is 0 Å². The molecule has 0 aromatic carbocycles. The van der Waals surface area contributed by atoms with Crippen LogP contribution in [0.5, 0.6) is 0 Å². The zero-order chi connectivity index (χ0) is 8.88. The number of aryl methyl sites for hydroxylation is 2. The minimum absolute atomic E-state index is 0.742. The van der Waals surface area contributed by atoms with Crippen LogP contribution in [0.4, 0.5) is 11.4 Å². The summed E-state index contributed by atoms with van der Waals surface area (Å²) in [4.78, 5) is 6.26. The molecular formula is C8H12N4. The third-order valence-electron chi connectivity index (χ3n) is 2.22. The highest BCUT2D eigenvalue weighted by Crippen LogP contribution is 2.31. The van der Waals surface area contributed by atoms with Crippen molar-refractivity contribution >= 4 is 22.4 Å². The fourth-order valence-corrected chi connectivity index (χ4v) is 1.46. The molecule has 0 saturated heterocycles. The normalized spacial score (nSPS) is 11.2. The number of fused-ring (bicyclic) bond motifs is 1. The maximum Gasteiger partial charge on any atom is 0.119 e. The molecule has 0 saturated carbocycles. The summed E-state index contributed by atoms with van der Waals surface area (Å²) in [6, 6.07) is 0. The summed E-state index contributed by atoms with van der Waals surface area (Å²) in [6.45, 7) is 3.86. The van der Waals surface area contributed by atoms with Crippen LogP contribution in [-0.2, 0) is 0 Å². The van der Waals surface area contributed by atoms with E-state index >= 15 is 0 Å². The fourth-order valence-electron chi connectivity index (χ4n) is 1.46. The van der Waals surface area contributed by atoms with Crippen molar-refractivity contribution in [1.82, 2.24) is 9.97 Å². The largest absolute Gasteiger partial charge is 0.397 e. The van der Waals surface area contributed by atoms with Crippen LogP contribution in [-0.4, -0.2) is 9.97 Å². The molecule has 0 aliphatic carbocycles. The zero-order valence-electron chi connectivity index (χ0n) is 7.15. The van der Waals surface area contributed by atoms with Gasteiger partial charge in [0.15, 0.2) is 0 Å². The summed E-state index contributed by atoms with van der Waals surface area (Å²) in [6.07, 6.45) is 0. The smallest absolute Gasteiger partial charge is 0.119 e. The summed E-state index contributed by atoms with van der Waals surface area (Å²) in [5, 5.41) is 0.921. The van der Waals surface area contributed by atoms with Gasteiger partial charge in [-0.05, 0) is 13.8 Å². The molecule has 64 valence electrons. The Hall–Kier alpha value is -1.58. The molecule has 2 heterocycles. The zero-order valence-corrected chi connectivity index (χ0v) is 7.15. The quantitative estimate of drug-likeness (QED) is 0.473. The van der Waals surface area contributed by atoms with Crippen molar-refractivity contribution in [2.24, 2.45) is 0 Å². The predicted octanol–water partition coefficient (Wildman–Crippen LogP) is 1.28. The van der Waals surface area contributed by atoms with E-state index in [1.807, 2.05) is 13.8 Å². The topological polar surface area (TPSA) is 83.6 Å². The second-order valence-corrected chi connectivity index (χ2v) is 3.08. The van der Waals surface area contributed by atoms with Crippen LogP contribution < -0.4 is 11.5 Å². The van der Waals surface area contributed by atoms with Gasteiger partial charge >= 0.3 is 0 Å². The highest BCUT2D eigenvalue weighted by molar-refractivity contribution is 6.01. The highest BCUT2D eigenvalue weighted by atomic mass is 14.9. The van der Waals surface area contributed by atoms with Crippen LogP contribution in [0, 0.1) is 13.8 Å². The summed E-state index contributed by atoms with van der Waals surface area (Å²) >= 11 is 0. The summed E-state index contributed by atoms with van der Waals surface area (Å²) in [7, 11) is 0. The number of H-pyrrole nitrogens is 2. The first-order valence-electron chi connectivity index (χ1n) is 3.83. The minimum Gasteiger partial charge on any atom is -0.397 e. The van der Waals surface area contributed by atoms with Crippen molar-refractivity contribution < 1.29 is 0 Å². The van der Waals surface area contributed by atoms with Gasteiger partial charge in [-0.2, -0.15) is 0 Å². The van der Waals surface area contributed by atoms with E-state index in [-0.39, 0.29) is 0 Å². The lowest BCUT2D eigenvalue weighted by molar-refractivity contribution is 1.22. The summed E-state index contributed by atoms with van der Waals surface area (Å²) < 4.78 is 0. The maximum atomic E-state index is 5.82. The van der Waals surface area contributed by atoms with Gasteiger partial charge in [0.1, 0.15) is 5.65 Å². The van der Waals surface area contributed by atoms with Crippen molar-refractivity contribution in [2.75, 3.05) is 11.5 Å². The molecule has 0 fully saturated rings. The molecule has 6 N–H and O–H groups in total. The summed E-state index contributed by atoms with van der Waals surface area (Å²) in [5.41, 5.74) is 16.0. The number of hydrogen-bond donors (Lipinski definition) is 4. The molecule has 0 aliphatic heterocycles. The second-order valence-electron chi connectivity index (χ2n) is 3.08. The van der Waals surface area contributed by atoms with E-state index in [1.165, 1.54) is 0 Å². The van der Waals surface area contributed by atoms with Crippen molar-refractivity contribution in [3.8, 4) is 0 Å². The molecule has 4 heteroatoms. The molecule has 0 radical (unpaired) electrons. The molecule has 0 atom stereocenters. The number of nitrogen functional groups attached to an aromatic ring is 2. The lowest BCUT2D eigenvalue weighted by Crippen LogP contribution is -1.90. The molecule has 0 amide bonds. The lowest BCUT2D eigenvalue weighted by Gasteiger charge is -1.92. The van der Waals surface area contributed by atoms with E-state index in [0.29, 0.717) is 0 Å². The molecule has 0 bridgehead atoms. The molecule has 0 spiro atoms. The highest BCUT2D eigenvalue weighted by Gasteiger charge is 2.11. The lowest BCUT2D eigenvalue weighted by atomic mass is 10.2. The van der Waals surface area contributed by atoms with Crippen LogP contribution >= 0.6 is 0 Å². The van der Waals surface area contributed by atoms with E-state index in [1.54, 1.807) is 0 Å². The minimum atomic E-state index is 0.742. The Morgan fingerprint density at radius 2 is 1.33 bits per heavy atom. The Balaban J connectivity index is 2.94. The molecule has 12 heavy (non-hydrogen) atoms. The van der Waals surface area contributed by atoms with Gasteiger partial charge in [-0.1, -0.05) is 0 Å². The van der Waals surface area contributed by atoms with Gasteiger partial charge in [0.2, 0.25) is 0 Å². The van der Waals surface area contributed by atoms with Crippen molar-refractivity contribution in [3.05, 3.63) is 11.4 Å². The Bertz CT molecular complexity index is 398. The van der Waals surface area contributed by atoms with Gasteiger partial charge in [-0.25, -0.2) is 0 Å². The van der Waals surface area contributed by atoms with Crippen LogP contribution in [0.25, 0.3) is 11.0 Å². The van der Waals surface area contributed by atoms with Gasteiger partial charge in [-0.3, -0.25) is 0 Å². The van der Waals surface area contributed by atoms with E-state index in [4.69, 9.17) is 11.5 Å². The molecule has 0 unspecified atom stereocenters. The average molecular weight is 164 g/mol. The molecule has 2 aromatic rings. The fraction of sp³-hybridized carbons (Fsp3) is 0.250. The molecule has 4 nitrogen and oxygen atoms in total. The van der Waals surface area contributed by atoms with Crippen molar-refractivity contribution in [2.45, 2.75) is 13.8 Å². The first-order valence-corrected chi connectivity index (χ1v) is 3.83. The number of aromatic amines is 2. The third kappa shape index (κ3) is 0.664. The molecule has 0 aliphatic rings. The van der Waals surface area contributed by atoms with Crippen LogP contribution in [0.2, 0.25) is 0 Å². The molecule has 2 rings (SSSR count). The van der Waals surface area contributed by atoms with Gasteiger partial charge in [0, 0.05) is 11.4 Å². The maximum absolute atomic E-state index is 5.82. The Kier molecular flexibility index (Phi) is 1.16. The first-order chi connectivity index (χ1) is 5.61. The number of hydrogen-bond acceptors (Lipinski definition) is 2. The number of nitrogens with one attached hydrogen (secondary N) is 2. The Morgan fingerprint density at radius 1 is 0.917 bits per heavy atom. The van der Waals surface area contributed by atoms with E-state index in [0.717, 1.165) is 33.8 Å². The first kappa shape index (κ1) is 7.09. The second kappa shape index (κ2) is 1.97. The number of rotatable bonds is 0. The predicted molar refractivity (Wildman–Crippen MR) is 50.9 cm³/mol. The Morgan fingerprint density at radius 3 is 1.67 bits per heavy atom. The number of nitrogens with two attached hydrogens (primary N) is 2. The monoisotopic (exact) mass is 164 g/mol. The van der Waals surface area contributed by atoms with Crippen molar-refractivity contribution in [3.63, 3.8) is 0 Å². The Labute approximate surface area is 69.9 Å². The van der Waals surface area contributed by atoms with Gasteiger partial charge in [0.25, 0.3) is 0 Å². The summed E-state index contributed by atoms with van der Waals surface area (Å²) in [5.74, 6) is 0. The number of anilines is 2. The van der Waals surface area contributed by atoms with Gasteiger partial charge in [0.05, 0.1) is 16.8 Å². The molecule has 2 aromatic heterocycles. The van der Waals surface area contributed by atoms with Gasteiger partial charge < -0.3 is 21.4 Å². The van der Waals surface area contributed by atoms with Gasteiger partial charge in [-0.15, -0.1) is 0 Å². The average Bonchev–Trinajstić information content (AvgIpc) is 2.40. The van der Waals surface area contributed by atoms with E-state index < -0.39 is 0 Å². The molecular weight excluding hydrogens is 152 g/mol.